The van der Waals surface area contributed by atoms with Crippen LogP contribution < -0.4 is 10.6 Å². The molecule has 2 N–H and O–H groups in total. The highest BCUT2D eigenvalue weighted by molar-refractivity contribution is 5.78. The molecular formula is C24H39N3O3. The molecule has 1 saturated heterocycles. The monoisotopic (exact) mass is 417 g/mol. The first kappa shape index (κ1) is 24.2. The summed E-state index contributed by atoms with van der Waals surface area (Å²) in [6.45, 7) is 14.0. The zero-order chi connectivity index (χ0) is 22.3. The van der Waals surface area contributed by atoms with Crippen LogP contribution in [-0.2, 0) is 16.0 Å². The van der Waals surface area contributed by atoms with E-state index >= 15 is 0 Å². The largest absolute Gasteiger partial charge is 0.444 e. The molecule has 0 aliphatic carbocycles. The molecular weight excluding hydrogens is 378 g/mol. The van der Waals surface area contributed by atoms with E-state index in [-0.39, 0.29) is 24.1 Å². The molecule has 1 aromatic carbocycles. The van der Waals surface area contributed by atoms with Crippen LogP contribution in [0.15, 0.2) is 24.3 Å². The van der Waals surface area contributed by atoms with Gasteiger partial charge in [0, 0.05) is 19.1 Å². The molecule has 1 unspecified atom stereocenters. The molecule has 1 aromatic rings. The number of benzene rings is 1. The molecule has 30 heavy (non-hydrogen) atoms. The standard InChI is InChI=1S/C24H39N3O3/c1-17(2)15-19-7-9-20(10-8-19)18(3)25-22(28)16-27-13-11-21(12-14-27)26-23(29)30-24(4,5)6/h7-10,17-18,21H,11-16H2,1-6H3,(H,25,28)(H,26,29). The lowest BCUT2D eigenvalue weighted by atomic mass is 10.00. The van der Waals surface area contributed by atoms with Crippen molar-refractivity contribution in [3.63, 3.8) is 0 Å². The van der Waals surface area contributed by atoms with E-state index in [1.807, 2.05) is 27.7 Å². The van der Waals surface area contributed by atoms with Crippen LogP contribution >= 0.6 is 0 Å². The summed E-state index contributed by atoms with van der Waals surface area (Å²) in [4.78, 5) is 26.5. The van der Waals surface area contributed by atoms with Crippen LogP contribution in [0.3, 0.4) is 0 Å². The van der Waals surface area contributed by atoms with Gasteiger partial charge in [0.25, 0.3) is 0 Å². The number of nitrogens with one attached hydrogen (secondary N) is 2. The Morgan fingerprint density at radius 1 is 1.10 bits per heavy atom. The molecule has 1 atom stereocenters. The number of hydrogen-bond donors (Lipinski definition) is 2. The molecule has 0 spiro atoms. The minimum absolute atomic E-state index is 0.0167. The van der Waals surface area contributed by atoms with Crippen molar-refractivity contribution in [3.05, 3.63) is 35.4 Å². The smallest absolute Gasteiger partial charge is 0.407 e. The summed E-state index contributed by atoms with van der Waals surface area (Å²) in [6.07, 6.45) is 2.34. The number of piperidine rings is 1. The first-order chi connectivity index (χ1) is 14.0. The number of rotatable bonds is 7. The fourth-order valence-corrected chi connectivity index (χ4v) is 3.70. The number of likely N-dealkylation sites (tertiary alicyclic amines) is 1. The molecule has 6 nitrogen and oxygen atoms in total. The predicted octanol–water partition coefficient (Wildman–Crippen LogP) is 4.05. The van der Waals surface area contributed by atoms with Gasteiger partial charge in [0.2, 0.25) is 5.91 Å². The molecule has 0 bridgehead atoms. The summed E-state index contributed by atoms with van der Waals surface area (Å²) in [6, 6.07) is 8.60. The molecule has 6 heteroatoms. The number of nitrogens with zero attached hydrogens (tertiary/aromatic N) is 1. The second kappa shape index (κ2) is 10.8. The van der Waals surface area contributed by atoms with Crippen LogP contribution in [0.25, 0.3) is 0 Å². The van der Waals surface area contributed by atoms with Crippen LogP contribution in [-0.4, -0.2) is 48.2 Å². The number of carbonyl (C=O) groups is 2. The van der Waals surface area contributed by atoms with Crippen LogP contribution in [0.4, 0.5) is 4.79 Å². The highest BCUT2D eigenvalue weighted by Gasteiger charge is 2.24. The Morgan fingerprint density at radius 3 is 2.23 bits per heavy atom. The zero-order valence-corrected chi connectivity index (χ0v) is 19.5. The van der Waals surface area contributed by atoms with Gasteiger partial charge in [-0.1, -0.05) is 38.1 Å². The van der Waals surface area contributed by atoms with Crippen molar-refractivity contribution in [1.29, 1.82) is 0 Å². The van der Waals surface area contributed by atoms with E-state index in [2.05, 4.69) is 53.6 Å². The molecule has 2 amide bonds. The Balaban J connectivity index is 1.72. The minimum Gasteiger partial charge on any atom is -0.444 e. The quantitative estimate of drug-likeness (QED) is 0.702. The third-order valence-electron chi connectivity index (χ3n) is 5.18. The van der Waals surface area contributed by atoms with Crippen molar-refractivity contribution >= 4 is 12.0 Å². The van der Waals surface area contributed by atoms with Crippen molar-refractivity contribution < 1.29 is 14.3 Å². The summed E-state index contributed by atoms with van der Waals surface area (Å²) in [7, 11) is 0. The van der Waals surface area contributed by atoms with E-state index in [4.69, 9.17) is 4.74 Å². The first-order valence-corrected chi connectivity index (χ1v) is 11.1. The molecule has 1 aliphatic heterocycles. The van der Waals surface area contributed by atoms with Gasteiger partial charge in [-0.2, -0.15) is 0 Å². The molecule has 2 rings (SSSR count). The van der Waals surface area contributed by atoms with Gasteiger partial charge in [0.05, 0.1) is 12.6 Å². The van der Waals surface area contributed by atoms with E-state index in [1.54, 1.807) is 0 Å². The van der Waals surface area contributed by atoms with Crippen LogP contribution in [0.5, 0.6) is 0 Å². The van der Waals surface area contributed by atoms with Crippen molar-refractivity contribution in [1.82, 2.24) is 15.5 Å². The van der Waals surface area contributed by atoms with Gasteiger partial charge in [-0.15, -0.1) is 0 Å². The average molecular weight is 418 g/mol. The Kier molecular flexibility index (Phi) is 8.71. The first-order valence-electron chi connectivity index (χ1n) is 11.1. The number of alkyl carbamates (subject to hydrolysis) is 1. The maximum Gasteiger partial charge on any atom is 0.407 e. The number of carbonyl (C=O) groups excluding carboxylic acids is 2. The number of amides is 2. The summed E-state index contributed by atoms with van der Waals surface area (Å²) in [5, 5.41) is 6.03. The molecule has 1 heterocycles. The maximum absolute atomic E-state index is 12.5. The highest BCUT2D eigenvalue weighted by Crippen LogP contribution is 2.16. The fourth-order valence-electron chi connectivity index (χ4n) is 3.70. The number of ether oxygens (including phenoxy) is 1. The van der Waals surface area contributed by atoms with E-state index in [0.717, 1.165) is 37.9 Å². The predicted molar refractivity (Wildman–Crippen MR) is 120 cm³/mol. The van der Waals surface area contributed by atoms with Gasteiger partial charge in [0.15, 0.2) is 0 Å². The second-order valence-electron chi connectivity index (χ2n) is 9.83. The van der Waals surface area contributed by atoms with Crippen molar-refractivity contribution in [2.24, 2.45) is 5.92 Å². The van der Waals surface area contributed by atoms with Crippen molar-refractivity contribution in [3.8, 4) is 0 Å². The van der Waals surface area contributed by atoms with Gasteiger partial charge in [-0.3, -0.25) is 9.69 Å². The van der Waals surface area contributed by atoms with Gasteiger partial charge in [-0.25, -0.2) is 4.79 Å². The third-order valence-corrected chi connectivity index (χ3v) is 5.18. The Morgan fingerprint density at radius 2 is 1.70 bits per heavy atom. The summed E-state index contributed by atoms with van der Waals surface area (Å²) >= 11 is 0. The lowest BCUT2D eigenvalue weighted by Crippen LogP contribution is -2.48. The fraction of sp³-hybridized carbons (Fsp3) is 0.667. The molecule has 0 radical (unpaired) electrons. The van der Waals surface area contributed by atoms with Gasteiger partial charge in [-0.05, 0) is 64.0 Å². The van der Waals surface area contributed by atoms with Crippen molar-refractivity contribution in [2.45, 2.75) is 78.5 Å². The van der Waals surface area contributed by atoms with E-state index in [0.29, 0.717) is 12.5 Å². The average Bonchev–Trinajstić information content (AvgIpc) is 2.61. The van der Waals surface area contributed by atoms with Crippen molar-refractivity contribution in [2.75, 3.05) is 19.6 Å². The second-order valence-corrected chi connectivity index (χ2v) is 9.83. The normalized spacial score (nSPS) is 16.9. The SMILES string of the molecule is CC(C)Cc1ccc(C(C)NC(=O)CN2CCC(NC(=O)OC(C)(C)C)CC2)cc1. The molecule has 0 saturated carbocycles. The summed E-state index contributed by atoms with van der Waals surface area (Å²) < 4.78 is 5.32. The van der Waals surface area contributed by atoms with E-state index < -0.39 is 5.60 Å². The summed E-state index contributed by atoms with van der Waals surface area (Å²) in [5.74, 6) is 0.670. The highest BCUT2D eigenvalue weighted by atomic mass is 16.6. The van der Waals surface area contributed by atoms with Crippen LogP contribution in [0.1, 0.15) is 71.6 Å². The Bertz CT molecular complexity index is 687. The Labute approximate surface area is 181 Å². The van der Waals surface area contributed by atoms with Gasteiger partial charge < -0.3 is 15.4 Å². The zero-order valence-electron chi connectivity index (χ0n) is 19.5. The van der Waals surface area contributed by atoms with E-state index in [1.165, 1.54) is 5.56 Å². The molecule has 168 valence electrons. The van der Waals surface area contributed by atoms with Gasteiger partial charge >= 0.3 is 6.09 Å². The molecule has 0 aromatic heterocycles. The molecule has 1 fully saturated rings. The van der Waals surface area contributed by atoms with Gasteiger partial charge in [0.1, 0.15) is 5.60 Å². The van der Waals surface area contributed by atoms with E-state index in [9.17, 15) is 9.59 Å². The summed E-state index contributed by atoms with van der Waals surface area (Å²) in [5.41, 5.74) is 1.96. The van der Waals surface area contributed by atoms with Crippen LogP contribution in [0.2, 0.25) is 0 Å². The molecule has 1 aliphatic rings. The Hall–Kier alpha value is -2.08. The maximum atomic E-state index is 12.5. The van der Waals surface area contributed by atoms with Crippen LogP contribution in [0, 0.1) is 5.92 Å². The lowest BCUT2D eigenvalue weighted by Gasteiger charge is -2.32. The minimum atomic E-state index is -0.492. The lowest BCUT2D eigenvalue weighted by molar-refractivity contribution is -0.123. The third kappa shape index (κ3) is 8.74. The number of hydrogen-bond acceptors (Lipinski definition) is 4. The topological polar surface area (TPSA) is 70.7 Å².